The highest BCUT2D eigenvalue weighted by Gasteiger charge is 2.14. The summed E-state index contributed by atoms with van der Waals surface area (Å²) >= 11 is 0. The molecule has 0 unspecified atom stereocenters. The summed E-state index contributed by atoms with van der Waals surface area (Å²) in [6.07, 6.45) is 0. The molecule has 0 saturated heterocycles. The van der Waals surface area contributed by atoms with E-state index >= 15 is 0 Å². The van der Waals surface area contributed by atoms with E-state index in [1.807, 2.05) is 30.3 Å². The zero-order chi connectivity index (χ0) is 18.5. The Morgan fingerprint density at radius 3 is 2.62 bits per heavy atom. The number of hydrogen-bond donors (Lipinski definition) is 2. The lowest BCUT2D eigenvalue weighted by atomic mass is 10.2. The number of aryl methyl sites for hydroxylation is 1. The second kappa shape index (κ2) is 7.65. The van der Waals surface area contributed by atoms with Gasteiger partial charge in [0.1, 0.15) is 24.0 Å². The third kappa shape index (κ3) is 4.16. The zero-order valence-corrected chi connectivity index (χ0v) is 14.2. The molecule has 3 rings (SSSR count). The quantitative estimate of drug-likeness (QED) is 0.730. The fourth-order valence-electron chi connectivity index (χ4n) is 2.39. The summed E-state index contributed by atoms with van der Waals surface area (Å²) in [5.74, 6) is -0.638. The molecule has 1 heterocycles. The molecule has 132 valence electrons. The molecule has 0 aliphatic heterocycles. The lowest BCUT2D eigenvalue weighted by Gasteiger charge is -2.11. The number of nitrogen functional groups attached to an aromatic ring is 1. The maximum absolute atomic E-state index is 14.3. The van der Waals surface area contributed by atoms with Crippen molar-refractivity contribution in [1.82, 2.24) is 4.98 Å². The average molecular weight is 351 g/mol. The molecule has 0 atom stereocenters. The Balaban J connectivity index is 1.68. The summed E-state index contributed by atoms with van der Waals surface area (Å²) in [6.45, 7) is 2.10. The number of halogens is 1. The first-order valence-corrected chi connectivity index (χ1v) is 8.03. The van der Waals surface area contributed by atoms with Crippen molar-refractivity contribution in [2.75, 3.05) is 11.1 Å². The molecule has 0 saturated carbocycles. The van der Waals surface area contributed by atoms with Crippen LogP contribution in [0.2, 0.25) is 0 Å². The number of carbonyl (C=O) groups excluding carboxylic acids is 1. The van der Waals surface area contributed by atoms with Gasteiger partial charge in [0.25, 0.3) is 5.91 Å². The Morgan fingerprint density at radius 1 is 1.15 bits per heavy atom. The number of amides is 1. The van der Waals surface area contributed by atoms with Gasteiger partial charge in [-0.3, -0.25) is 4.79 Å². The summed E-state index contributed by atoms with van der Waals surface area (Å²) in [7, 11) is 0. The summed E-state index contributed by atoms with van der Waals surface area (Å²) in [4.78, 5) is 16.3. The van der Waals surface area contributed by atoms with E-state index in [1.165, 1.54) is 12.1 Å². The van der Waals surface area contributed by atoms with E-state index in [0.717, 1.165) is 5.56 Å². The number of ether oxygens (including phenoxy) is 1. The highest BCUT2D eigenvalue weighted by molar-refractivity contribution is 6.07. The molecule has 0 aliphatic carbocycles. The fourth-order valence-corrected chi connectivity index (χ4v) is 2.39. The number of benzene rings is 2. The smallest absolute Gasteiger partial charge is 0.259 e. The maximum atomic E-state index is 14.3. The van der Waals surface area contributed by atoms with Crippen LogP contribution in [0.5, 0.6) is 5.75 Å². The largest absolute Gasteiger partial charge is 0.489 e. The van der Waals surface area contributed by atoms with Gasteiger partial charge in [0.15, 0.2) is 0 Å². The number of pyridine rings is 1. The second-order valence-corrected chi connectivity index (χ2v) is 5.76. The van der Waals surface area contributed by atoms with Gasteiger partial charge in [0.05, 0.1) is 11.3 Å². The van der Waals surface area contributed by atoms with Gasteiger partial charge in [-0.1, -0.05) is 30.3 Å². The monoisotopic (exact) mass is 351 g/mol. The first-order chi connectivity index (χ1) is 12.5. The topological polar surface area (TPSA) is 77.2 Å². The molecule has 3 aromatic rings. The molecule has 0 aliphatic rings. The maximum Gasteiger partial charge on any atom is 0.259 e. The summed E-state index contributed by atoms with van der Waals surface area (Å²) < 4.78 is 19.8. The standard InChI is InChI=1S/C20H18FN3O2/c1-13-7-9-16(19(22)23-13)20(25)24-18-10-8-15(11-17(18)21)26-12-14-5-3-2-4-6-14/h2-11H,12H2,1H3,(H2,22,23)(H,24,25). The molecular weight excluding hydrogens is 333 g/mol. The number of nitrogens with zero attached hydrogens (tertiary/aromatic N) is 1. The Hall–Kier alpha value is -3.41. The Labute approximate surface area is 150 Å². The van der Waals surface area contributed by atoms with E-state index in [-0.39, 0.29) is 17.1 Å². The molecule has 0 spiro atoms. The van der Waals surface area contributed by atoms with Gasteiger partial charge >= 0.3 is 0 Å². The minimum Gasteiger partial charge on any atom is -0.489 e. The second-order valence-electron chi connectivity index (χ2n) is 5.76. The normalized spacial score (nSPS) is 10.4. The summed E-state index contributed by atoms with van der Waals surface area (Å²) in [5, 5.41) is 2.50. The molecule has 2 aromatic carbocycles. The van der Waals surface area contributed by atoms with Crippen LogP contribution in [-0.4, -0.2) is 10.9 Å². The van der Waals surface area contributed by atoms with Gasteiger partial charge in [-0.05, 0) is 36.8 Å². The van der Waals surface area contributed by atoms with Gasteiger partial charge in [0.2, 0.25) is 0 Å². The molecule has 6 heteroatoms. The van der Waals surface area contributed by atoms with Crippen LogP contribution in [0.1, 0.15) is 21.6 Å². The van der Waals surface area contributed by atoms with Crippen molar-refractivity contribution < 1.29 is 13.9 Å². The molecule has 1 aromatic heterocycles. The number of nitrogens with two attached hydrogens (primary N) is 1. The molecular formula is C20H18FN3O2. The van der Waals surface area contributed by atoms with E-state index in [2.05, 4.69) is 10.3 Å². The highest BCUT2D eigenvalue weighted by atomic mass is 19.1. The van der Waals surface area contributed by atoms with Crippen LogP contribution in [0.4, 0.5) is 15.9 Å². The van der Waals surface area contributed by atoms with Crippen LogP contribution in [0.25, 0.3) is 0 Å². The zero-order valence-electron chi connectivity index (χ0n) is 14.2. The minimum atomic E-state index is -0.595. The number of anilines is 2. The fraction of sp³-hybridized carbons (Fsp3) is 0.100. The molecule has 0 radical (unpaired) electrons. The molecule has 3 N–H and O–H groups in total. The summed E-state index contributed by atoms with van der Waals surface area (Å²) in [6, 6.07) is 17.1. The Bertz CT molecular complexity index is 930. The van der Waals surface area contributed by atoms with Crippen molar-refractivity contribution in [2.45, 2.75) is 13.5 Å². The van der Waals surface area contributed by atoms with Crippen LogP contribution in [0.3, 0.4) is 0 Å². The van der Waals surface area contributed by atoms with Crippen molar-refractivity contribution in [3.05, 3.63) is 83.3 Å². The lowest BCUT2D eigenvalue weighted by Crippen LogP contribution is -2.16. The molecule has 1 amide bonds. The minimum absolute atomic E-state index is 0.0436. The number of hydrogen-bond acceptors (Lipinski definition) is 4. The van der Waals surface area contributed by atoms with Gasteiger partial charge < -0.3 is 15.8 Å². The Morgan fingerprint density at radius 2 is 1.92 bits per heavy atom. The van der Waals surface area contributed by atoms with E-state index in [4.69, 9.17) is 10.5 Å². The van der Waals surface area contributed by atoms with Crippen LogP contribution in [-0.2, 0) is 6.61 Å². The van der Waals surface area contributed by atoms with Crippen molar-refractivity contribution in [3.63, 3.8) is 0 Å². The van der Waals surface area contributed by atoms with Crippen LogP contribution >= 0.6 is 0 Å². The molecule has 26 heavy (non-hydrogen) atoms. The molecule has 5 nitrogen and oxygen atoms in total. The van der Waals surface area contributed by atoms with E-state index < -0.39 is 11.7 Å². The van der Waals surface area contributed by atoms with Gasteiger partial charge in [-0.25, -0.2) is 9.37 Å². The Kier molecular flexibility index (Phi) is 5.12. The van der Waals surface area contributed by atoms with E-state index in [0.29, 0.717) is 18.1 Å². The first-order valence-electron chi connectivity index (χ1n) is 8.03. The summed E-state index contributed by atoms with van der Waals surface area (Å²) in [5.41, 5.74) is 7.66. The van der Waals surface area contributed by atoms with Crippen molar-refractivity contribution in [1.29, 1.82) is 0 Å². The van der Waals surface area contributed by atoms with Crippen LogP contribution < -0.4 is 15.8 Å². The van der Waals surface area contributed by atoms with Crippen molar-refractivity contribution in [2.24, 2.45) is 0 Å². The third-order valence-corrected chi connectivity index (χ3v) is 3.75. The average Bonchev–Trinajstić information content (AvgIpc) is 2.63. The number of nitrogens with one attached hydrogen (secondary N) is 1. The SMILES string of the molecule is Cc1ccc(C(=O)Nc2ccc(OCc3ccccc3)cc2F)c(N)n1. The number of carbonyl (C=O) groups is 1. The predicted octanol–water partition coefficient (Wildman–Crippen LogP) is 3.94. The van der Waals surface area contributed by atoms with Gasteiger partial charge in [-0.15, -0.1) is 0 Å². The predicted molar refractivity (Wildman–Crippen MR) is 98.5 cm³/mol. The van der Waals surface area contributed by atoms with Crippen LogP contribution in [0, 0.1) is 12.7 Å². The number of rotatable bonds is 5. The number of aromatic nitrogens is 1. The van der Waals surface area contributed by atoms with Gasteiger partial charge in [0, 0.05) is 11.8 Å². The van der Waals surface area contributed by atoms with Crippen LogP contribution in [0.15, 0.2) is 60.7 Å². The molecule has 0 bridgehead atoms. The van der Waals surface area contributed by atoms with E-state index in [1.54, 1.807) is 25.1 Å². The van der Waals surface area contributed by atoms with Crippen molar-refractivity contribution in [3.8, 4) is 5.75 Å². The van der Waals surface area contributed by atoms with Crippen molar-refractivity contribution >= 4 is 17.4 Å². The highest BCUT2D eigenvalue weighted by Crippen LogP contribution is 2.22. The third-order valence-electron chi connectivity index (χ3n) is 3.75. The first kappa shape index (κ1) is 17.4. The van der Waals surface area contributed by atoms with Gasteiger partial charge in [-0.2, -0.15) is 0 Å². The lowest BCUT2D eigenvalue weighted by molar-refractivity contribution is 0.102. The molecule has 0 fully saturated rings. The van der Waals surface area contributed by atoms with E-state index in [9.17, 15) is 9.18 Å².